The highest BCUT2D eigenvalue weighted by Gasteiger charge is 2.13. The number of aliphatic hydroxyl groups excluding tert-OH is 1. The lowest BCUT2D eigenvalue weighted by Crippen LogP contribution is -2.40. The van der Waals surface area contributed by atoms with Gasteiger partial charge in [0.15, 0.2) is 0 Å². The van der Waals surface area contributed by atoms with E-state index in [1.165, 1.54) is 12.8 Å². The predicted molar refractivity (Wildman–Crippen MR) is 55.1 cm³/mol. The summed E-state index contributed by atoms with van der Waals surface area (Å²) in [7, 11) is 0. The van der Waals surface area contributed by atoms with E-state index >= 15 is 0 Å². The number of carbonyl (C=O) groups is 1. The number of amides is 2. The van der Waals surface area contributed by atoms with Crippen LogP contribution in [0.3, 0.4) is 0 Å². The summed E-state index contributed by atoms with van der Waals surface area (Å²) < 4.78 is 0. The molecule has 0 aromatic heterocycles. The Morgan fingerprint density at radius 3 is 2.43 bits per heavy atom. The first kappa shape index (κ1) is 11.3. The van der Waals surface area contributed by atoms with Gasteiger partial charge < -0.3 is 15.3 Å². The van der Waals surface area contributed by atoms with Crippen LogP contribution in [-0.4, -0.2) is 42.3 Å². The number of carbonyl (C=O) groups excluding carboxylic acids is 1. The van der Waals surface area contributed by atoms with Crippen molar-refractivity contribution in [2.75, 3.05) is 26.2 Å². The lowest BCUT2D eigenvalue weighted by Gasteiger charge is -2.20. The molecular formula is C10H20N2O2. The zero-order valence-corrected chi connectivity index (χ0v) is 8.67. The van der Waals surface area contributed by atoms with E-state index in [0.29, 0.717) is 13.0 Å². The van der Waals surface area contributed by atoms with Crippen LogP contribution in [0, 0.1) is 0 Å². The Balaban J connectivity index is 2.20. The van der Waals surface area contributed by atoms with Gasteiger partial charge in [-0.05, 0) is 19.3 Å². The van der Waals surface area contributed by atoms with Crippen LogP contribution in [0.25, 0.3) is 0 Å². The molecule has 0 bridgehead atoms. The molecule has 0 atom stereocenters. The van der Waals surface area contributed by atoms with Crippen LogP contribution >= 0.6 is 0 Å². The van der Waals surface area contributed by atoms with E-state index in [1.54, 1.807) is 0 Å². The maximum absolute atomic E-state index is 11.6. The molecule has 2 amide bonds. The molecule has 82 valence electrons. The highest BCUT2D eigenvalue weighted by atomic mass is 16.3. The van der Waals surface area contributed by atoms with Crippen LogP contribution in [0.15, 0.2) is 0 Å². The van der Waals surface area contributed by atoms with E-state index < -0.39 is 0 Å². The van der Waals surface area contributed by atoms with Crippen molar-refractivity contribution in [2.45, 2.75) is 32.1 Å². The number of urea groups is 1. The Bertz CT molecular complexity index is 166. The normalized spacial score (nSPS) is 17.6. The van der Waals surface area contributed by atoms with Crippen molar-refractivity contribution in [2.24, 2.45) is 0 Å². The van der Waals surface area contributed by atoms with E-state index in [-0.39, 0.29) is 12.6 Å². The second-order valence-electron chi connectivity index (χ2n) is 3.71. The minimum Gasteiger partial charge on any atom is -0.396 e. The van der Waals surface area contributed by atoms with Gasteiger partial charge >= 0.3 is 6.03 Å². The van der Waals surface area contributed by atoms with E-state index in [0.717, 1.165) is 25.9 Å². The second-order valence-corrected chi connectivity index (χ2v) is 3.71. The molecule has 1 heterocycles. The van der Waals surface area contributed by atoms with E-state index in [9.17, 15) is 4.79 Å². The van der Waals surface area contributed by atoms with Gasteiger partial charge in [0.05, 0.1) is 0 Å². The van der Waals surface area contributed by atoms with Crippen LogP contribution < -0.4 is 5.32 Å². The molecule has 1 aliphatic rings. The SMILES string of the molecule is O=C(NCCCO)N1CCCCCC1. The fourth-order valence-electron chi connectivity index (χ4n) is 1.66. The number of likely N-dealkylation sites (tertiary alicyclic amines) is 1. The molecule has 1 aliphatic heterocycles. The maximum atomic E-state index is 11.6. The standard InChI is InChI=1S/C10H20N2O2/c13-9-5-6-11-10(14)12-7-3-1-2-4-8-12/h13H,1-9H2,(H,11,14). The summed E-state index contributed by atoms with van der Waals surface area (Å²) >= 11 is 0. The maximum Gasteiger partial charge on any atom is 0.317 e. The van der Waals surface area contributed by atoms with E-state index in [2.05, 4.69) is 5.32 Å². The molecule has 0 saturated carbocycles. The van der Waals surface area contributed by atoms with Gasteiger partial charge in [0.1, 0.15) is 0 Å². The summed E-state index contributed by atoms with van der Waals surface area (Å²) in [6.45, 7) is 2.47. The summed E-state index contributed by atoms with van der Waals surface area (Å²) in [6.07, 6.45) is 5.35. The van der Waals surface area contributed by atoms with Gasteiger partial charge in [-0.3, -0.25) is 0 Å². The van der Waals surface area contributed by atoms with Gasteiger partial charge in [-0.1, -0.05) is 12.8 Å². The van der Waals surface area contributed by atoms with Gasteiger partial charge in [-0.2, -0.15) is 0 Å². The molecule has 0 radical (unpaired) electrons. The van der Waals surface area contributed by atoms with Gasteiger partial charge in [-0.25, -0.2) is 4.79 Å². The molecular weight excluding hydrogens is 180 g/mol. The Morgan fingerprint density at radius 2 is 1.86 bits per heavy atom. The minimum atomic E-state index is 0.0281. The van der Waals surface area contributed by atoms with Crippen LogP contribution in [0.1, 0.15) is 32.1 Å². The topological polar surface area (TPSA) is 52.6 Å². The van der Waals surface area contributed by atoms with Crippen molar-refractivity contribution in [3.8, 4) is 0 Å². The zero-order valence-electron chi connectivity index (χ0n) is 8.67. The molecule has 1 rings (SSSR count). The lowest BCUT2D eigenvalue weighted by molar-refractivity contribution is 0.198. The summed E-state index contributed by atoms with van der Waals surface area (Å²) in [6, 6.07) is 0.0281. The molecule has 1 saturated heterocycles. The Kier molecular flexibility index (Phi) is 5.37. The third-order valence-corrected chi connectivity index (χ3v) is 2.50. The fraction of sp³-hybridized carbons (Fsp3) is 0.900. The third-order valence-electron chi connectivity index (χ3n) is 2.50. The van der Waals surface area contributed by atoms with Gasteiger partial charge in [-0.15, -0.1) is 0 Å². The number of nitrogens with zero attached hydrogens (tertiary/aromatic N) is 1. The van der Waals surface area contributed by atoms with Crippen molar-refractivity contribution in [1.82, 2.24) is 10.2 Å². The number of hydrogen-bond acceptors (Lipinski definition) is 2. The summed E-state index contributed by atoms with van der Waals surface area (Å²) in [4.78, 5) is 13.4. The summed E-state index contributed by atoms with van der Waals surface area (Å²) in [5.74, 6) is 0. The average molecular weight is 200 g/mol. The molecule has 0 aromatic carbocycles. The van der Waals surface area contributed by atoms with E-state index in [1.807, 2.05) is 4.90 Å². The predicted octanol–water partition coefficient (Wildman–Crippen LogP) is 0.954. The van der Waals surface area contributed by atoms with Crippen LogP contribution in [0.5, 0.6) is 0 Å². The quantitative estimate of drug-likeness (QED) is 0.667. The molecule has 1 fully saturated rings. The Morgan fingerprint density at radius 1 is 1.21 bits per heavy atom. The first-order valence-corrected chi connectivity index (χ1v) is 5.48. The molecule has 14 heavy (non-hydrogen) atoms. The first-order chi connectivity index (χ1) is 6.84. The molecule has 0 unspecified atom stereocenters. The summed E-state index contributed by atoms with van der Waals surface area (Å²) in [5.41, 5.74) is 0. The number of hydrogen-bond donors (Lipinski definition) is 2. The van der Waals surface area contributed by atoms with Crippen molar-refractivity contribution < 1.29 is 9.90 Å². The molecule has 4 heteroatoms. The fourth-order valence-corrected chi connectivity index (χ4v) is 1.66. The first-order valence-electron chi connectivity index (χ1n) is 5.48. The number of nitrogens with one attached hydrogen (secondary N) is 1. The van der Waals surface area contributed by atoms with Crippen LogP contribution in [0.4, 0.5) is 4.79 Å². The number of aliphatic hydroxyl groups is 1. The second kappa shape index (κ2) is 6.65. The van der Waals surface area contributed by atoms with Gasteiger partial charge in [0.25, 0.3) is 0 Å². The number of rotatable bonds is 3. The highest BCUT2D eigenvalue weighted by Crippen LogP contribution is 2.09. The zero-order chi connectivity index (χ0) is 10.2. The molecule has 4 nitrogen and oxygen atoms in total. The molecule has 0 aromatic rings. The van der Waals surface area contributed by atoms with Gasteiger partial charge in [0.2, 0.25) is 0 Å². The molecule has 0 aliphatic carbocycles. The largest absolute Gasteiger partial charge is 0.396 e. The Labute approximate surface area is 85.3 Å². The Hall–Kier alpha value is -0.770. The molecule has 0 spiro atoms. The lowest BCUT2D eigenvalue weighted by atomic mass is 10.2. The van der Waals surface area contributed by atoms with Crippen LogP contribution in [0.2, 0.25) is 0 Å². The van der Waals surface area contributed by atoms with Gasteiger partial charge in [0, 0.05) is 26.2 Å². The highest BCUT2D eigenvalue weighted by molar-refractivity contribution is 5.74. The van der Waals surface area contributed by atoms with Crippen molar-refractivity contribution in [3.05, 3.63) is 0 Å². The monoisotopic (exact) mass is 200 g/mol. The van der Waals surface area contributed by atoms with E-state index in [4.69, 9.17) is 5.11 Å². The third kappa shape index (κ3) is 3.96. The van der Waals surface area contributed by atoms with Crippen molar-refractivity contribution >= 4 is 6.03 Å². The molecule has 2 N–H and O–H groups in total. The average Bonchev–Trinajstić information content (AvgIpc) is 2.46. The smallest absolute Gasteiger partial charge is 0.317 e. The van der Waals surface area contributed by atoms with Crippen molar-refractivity contribution in [1.29, 1.82) is 0 Å². The minimum absolute atomic E-state index is 0.0281. The van der Waals surface area contributed by atoms with Crippen molar-refractivity contribution in [3.63, 3.8) is 0 Å². The van der Waals surface area contributed by atoms with Crippen LogP contribution in [-0.2, 0) is 0 Å². The summed E-state index contributed by atoms with van der Waals surface area (Å²) in [5, 5.41) is 11.4.